The molecule has 1 unspecified atom stereocenters. The van der Waals surface area contributed by atoms with Crippen molar-refractivity contribution in [2.24, 2.45) is 10.9 Å². The van der Waals surface area contributed by atoms with Gasteiger partial charge in [-0.1, -0.05) is 68.9 Å². The molecular weight excluding hydrogens is 629 g/mol. The number of halogens is 3. The number of anilines is 1. The van der Waals surface area contributed by atoms with Gasteiger partial charge >= 0.3 is 12.4 Å². The number of amidine groups is 1. The Balaban J connectivity index is 1.12. The van der Waals surface area contributed by atoms with Gasteiger partial charge < -0.3 is 10.1 Å². The Bertz CT molecular complexity index is 1750. The van der Waals surface area contributed by atoms with Gasteiger partial charge in [0.25, 0.3) is 0 Å². The molecule has 3 amide bonds. The maximum absolute atomic E-state index is 12.8. The Kier molecular flexibility index (Phi) is 10.3. The van der Waals surface area contributed by atoms with Crippen LogP contribution < -0.4 is 15.0 Å². The SMILES string of the molecule is Cc1cccc(N2C(=O)CS/C2=N\C(=O)NCCC(C)Cc2ccc(-c3ncn(-c4ccc(OC(F)(F)F)cc4)n3)cc2)c1C(C)C. The van der Waals surface area contributed by atoms with E-state index in [4.69, 9.17) is 0 Å². The molecule has 9 nitrogen and oxygen atoms in total. The van der Waals surface area contributed by atoms with Crippen LogP contribution >= 0.6 is 11.8 Å². The molecule has 1 atom stereocenters. The molecule has 0 aliphatic carbocycles. The van der Waals surface area contributed by atoms with Crippen molar-refractivity contribution in [2.75, 3.05) is 17.2 Å². The van der Waals surface area contributed by atoms with Crippen LogP contribution in [0.3, 0.4) is 0 Å². The van der Waals surface area contributed by atoms with Gasteiger partial charge in [0.2, 0.25) is 5.91 Å². The van der Waals surface area contributed by atoms with E-state index in [-0.39, 0.29) is 29.2 Å². The molecule has 13 heteroatoms. The molecule has 0 spiro atoms. The summed E-state index contributed by atoms with van der Waals surface area (Å²) in [5.41, 5.74) is 5.39. The van der Waals surface area contributed by atoms with Gasteiger partial charge in [-0.15, -0.1) is 18.3 Å². The Hall–Kier alpha value is -4.65. The number of ether oxygens (including phenoxy) is 1. The number of hydrogen-bond donors (Lipinski definition) is 1. The summed E-state index contributed by atoms with van der Waals surface area (Å²) < 4.78 is 42.7. The van der Waals surface area contributed by atoms with Crippen molar-refractivity contribution < 1.29 is 27.5 Å². The summed E-state index contributed by atoms with van der Waals surface area (Å²) >= 11 is 1.27. The predicted molar refractivity (Wildman–Crippen MR) is 177 cm³/mol. The summed E-state index contributed by atoms with van der Waals surface area (Å²) in [7, 11) is 0. The summed E-state index contributed by atoms with van der Waals surface area (Å²) in [5.74, 6) is 0.795. The van der Waals surface area contributed by atoms with Gasteiger partial charge in [0.1, 0.15) is 12.1 Å². The number of nitrogens with zero attached hydrogens (tertiary/aromatic N) is 5. The molecule has 1 saturated heterocycles. The molecular formula is C34H35F3N6O3S. The molecule has 4 aromatic rings. The van der Waals surface area contributed by atoms with Gasteiger partial charge in [-0.25, -0.2) is 14.5 Å². The third-order valence-electron chi connectivity index (χ3n) is 7.62. The summed E-state index contributed by atoms with van der Waals surface area (Å²) in [6.07, 6.45) is -1.72. The van der Waals surface area contributed by atoms with Crippen LogP contribution in [-0.4, -0.2) is 50.5 Å². The van der Waals surface area contributed by atoms with E-state index in [1.165, 1.54) is 47.0 Å². The molecule has 1 aliphatic heterocycles. The highest BCUT2D eigenvalue weighted by atomic mass is 32.2. The van der Waals surface area contributed by atoms with Gasteiger partial charge in [-0.05, 0) is 78.6 Å². The van der Waals surface area contributed by atoms with E-state index in [1.807, 2.05) is 49.4 Å². The molecule has 1 aromatic heterocycles. The van der Waals surface area contributed by atoms with Crippen molar-refractivity contribution in [1.82, 2.24) is 20.1 Å². The molecule has 246 valence electrons. The number of carbonyl (C=O) groups excluding carboxylic acids is 2. The third kappa shape index (κ3) is 8.59. The summed E-state index contributed by atoms with van der Waals surface area (Å²) in [6, 6.07) is 18.6. The van der Waals surface area contributed by atoms with Crippen molar-refractivity contribution in [3.05, 3.63) is 89.7 Å². The van der Waals surface area contributed by atoms with E-state index in [0.29, 0.717) is 23.2 Å². The van der Waals surface area contributed by atoms with Crippen molar-refractivity contribution in [2.45, 2.75) is 52.8 Å². The average Bonchev–Trinajstić information content (AvgIpc) is 3.64. The number of benzene rings is 3. The standard InChI is InChI=1S/C34H35F3N6O3S/c1-21(2)30-23(4)6-5-7-28(30)43-29(44)19-47-33(43)40-32(45)38-17-16-22(3)18-24-8-10-25(11-9-24)31-39-20-42(41-31)26-12-14-27(15-13-26)46-34(35,36)37/h5-15,20-22H,16-19H2,1-4H3,(H,38,45)/b40-33-. The van der Waals surface area contributed by atoms with Crippen LogP contribution in [0.15, 0.2) is 78.0 Å². The molecule has 3 aromatic carbocycles. The van der Waals surface area contributed by atoms with E-state index in [2.05, 4.69) is 45.9 Å². The maximum atomic E-state index is 12.8. The highest BCUT2D eigenvalue weighted by Gasteiger charge is 2.33. The predicted octanol–water partition coefficient (Wildman–Crippen LogP) is 7.68. The number of carbonyl (C=O) groups is 2. The minimum atomic E-state index is -4.75. The number of alkyl halides is 3. The lowest BCUT2D eigenvalue weighted by atomic mass is 9.95. The first-order valence-electron chi connectivity index (χ1n) is 15.2. The fourth-order valence-corrected chi connectivity index (χ4v) is 6.32. The van der Waals surface area contributed by atoms with E-state index in [1.54, 1.807) is 4.90 Å². The molecule has 1 aliphatic rings. The molecule has 1 N–H and O–H groups in total. The number of nitrogens with one attached hydrogen (secondary N) is 1. The lowest BCUT2D eigenvalue weighted by molar-refractivity contribution is -0.274. The summed E-state index contributed by atoms with van der Waals surface area (Å²) in [5, 5.41) is 7.71. The molecule has 0 bridgehead atoms. The number of thioether (sulfide) groups is 1. The number of rotatable bonds is 10. The summed E-state index contributed by atoms with van der Waals surface area (Å²) in [6.45, 7) is 8.74. The number of aryl methyl sites for hydroxylation is 1. The fourth-order valence-electron chi connectivity index (χ4n) is 5.46. The highest BCUT2D eigenvalue weighted by molar-refractivity contribution is 8.15. The van der Waals surface area contributed by atoms with Crippen LogP contribution in [-0.2, 0) is 11.2 Å². The van der Waals surface area contributed by atoms with Gasteiger partial charge in [0, 0.05) is 12.1 Å². The smallest absolute Gasteiger partial charge is 0.406 e. The van der Waals surface area contributed by atoms with Crippen molar-refractivity contribution >= 4 is 34.6 Å². The monoisotopic (exact) mass is 664 g/mol. The Morgan fingerprint density at radius 1 is 1.06 bits per heavy atom. The number of aliphatic imine (C=N–C) groups is 1. The fraction of sp³-hybridized carbons (Fsp3) is 0.324. The van der Waals surface area contributed by atoms with E-state index < -0.39 is 12.4 Å². The maximum Gasteiger partial charge on any atom is 0.573 e. The minimum Gasteiger partial charge on any atom is -0.406 e. The van der Waals surface area contributed by atoms with Crippen LogP contribution in [0.25, 0.3) is 17.1 Å². The Morgan fingerprint density at radius 2 is 1.79 bits per heavy atom. The summed E-state index contributed by atoms with van der Waals surface area (Å²) in [4.78, 5) is 35.7. The number of amides is 3. The molecule has 1 fully saturated rings. The Labute approximate surface area is 275 Å². The zero-order valence-electron chi connectivity index (χ0n) is 26.4. The van der Waals surface area contributed by atoms with Crippen LogP contribution in [0.4, 0.5) is 23.7 Å². The highest BCUT2D eigenvalue weighted by Crippen LogP contribution is 2.35. The van der Waals surface area contributed by atoms with Gasteiger partial charge in [-0.2, -0.15) is 4.99 Å². The van der Waals surface area contributed by atoms with Crippen LogP contribution in [0.1, 0.15) is 49.8 Å². The molecule has 5 rings (SSSR count). The lowest BCUT2D eigenvalue weighted by Gasteiger charge is -2.23. The number of aromatic nitrogens is 3. The molecule has 0 radical (unpaired) electrons. The van der Waals surface area contributed by atoms with Crippen molar-refractivity contribution in [3.63, 3.8) is 0 Å². The minimum absolute atomic E-state index is 0.0917. The van der Waals surface area contributed by atoms with Gasteiger partial charge in [0.05, 0.1) is 17.1 Å². The zero-order valence-corrected chi connectivity index (χ0v) is 27.2. The van der Waals surface area contributed by atoms with Gasteiger partial charge in [0.15, 0.2) is 11.0 Å². The second-order valence-electron chi connectivity index (χ2n) is 11.7. The van der Waals surface area contributed by atoms with E-state index in [0.717, 1.165) is 40.8 Å². The first-order valence-corrected chi connectivity index (χ1v) is 16.2. The lowest BCUT2D eigenvalue weighted by Crippen LogP contribution is -2.32. The average molecular weight is 665 g/mol. The van der Waals surface area contributed by atoms with Crippen LogP contribution in [0.5, 0.6) is 5.75 Å². The van der Waals surface area contributed by atoms with E-state index >= 15 is 0 Å². The quantitative estimate of drug-likeness (QED) is 0.187. The molecule has 47 heavy (non-hydrogen) atoms. The van der Waals surface area contributed by atoms with Crippen LogP contribution in [0, 0.1) is 12.8 Å². The van der Waals surface area contributed by atoms with Crippen molar-refractivity contribution in [3.8, 4) is 22.8 Å². The van der Waals surface area contributed by atoms with Crippen molar-refractivity contribution in [1.29, 1.82) is 0 Å². The van der Waals surface area contributed by atoms with E-state index in [9.17, 15) is 22.8 Å². The third-order valence-corrected chi connectivity index (χ3v) is 8.54. The first kappa shape index (κ1) is 33.7. The normalized spacial score (nSPS) is 15.0. The first-order chi connectivity index (χ1) is 22.4. The Morgan fingerprint density at radius 3 is 2.47 bits per heavy atom. The number of hydrogen-bond acceptors (Lipinski definition) is 6. The second-order valence-corrected chi connectivity index (χ2v) is 12.6. The second kappa shape index (κ2) is 14.4. The molecule has 2 heterocycles. The van der Waals surface area contributed by atoms with Gasteiger partial charge in [-0.3, -0.25) is 9.69 Å². The number of urea groups is 1. The zero-order chi connectivity index (χ0) is 33.7. The molecule has 0 saturated carbocycles. The topological polar surface area (TPSA) is 102 Å². The largest absolute Gasteiger partial charge is 0.573 e. The van der Waals surface area contributed by atoms with Crippen LogP contribution in [0.2, 0.25) is 0 Å².